The highest BCUT2D eigenvalue weighted by Crippen LogP contribution is 2.47. The Labute approximate surface area is 244 Å². The molecular formula is C28H36N5O8P. The maximum absolute atomic E-state index is 13.9. The number of rotatable bonds is 13. The van der Waals surface area contributed by atoms with Gasteiger partial charge in [-0.3, -0.25) is 9.32 Å². The van der Waals surface area contributed by atoms with Crippen molar-refractivity contribution in [3.8, 4) is 11.8 Å². The molecule has 0 radical (unpaired) electrons. The van der Waals surface area contributed by atoms with E-state index < -0.39 is 50.3 Å². The summed E-state index contributed by atoms with van der Waals surface area (Å²) in [7, 11) is -4.30. The van der Waals surface area contributed by atoms with Gasteiger partial charge in [0.05, 0.1) is 30.1 Å². The molecule has 3 N–H and O–H groups in total. The minimum Gasteiger partial charge on any atom is -0.464 e. The average Bonchev–Trinajstić information content (AvgIpc) is 3.53. The molecule has 4 rings (SSSR count). The number of esters is 1. The molecule has 1 saturated heterocycles. The second-order valence-corrected chi connectivity index (χ2v) is 11.9. The van der Waals surface area contributed by atoms with E-state index in [4.69, 9.17) is 18.5 Å². The Hall–Kier alpha value is -3.37. The maximum atomic E-state index is 13.9. The SMILES string of the molecule is CCC(CC)COC(=O)[C@H](C)N[P@](=O)(OC[C@H]1O[C@@](C#N)(c2ccc3c(C)ncnn23)[C@H](O)[C@@H]1O)Oc1ccccc1. The van der Waals surface area contributed by atoms with Crippen LogP contribution in [-0.2, 0) is 29.0 Å². The molecular weight excluding hydrogens is 565 g/mol. The lowest BCUT2D eigenvalue weighted by atomic mass is 9.92. The number of carbonyl (C=O) groups excluding carboxylic acids is 1. The van der Waals surface area contributed by atoms with Gasteiger partial charge in [0.25, 0.3) is 0 Å². The first-order chi connectivity index (χ1) is 20.1. The third-order valence-corrected chi connectivity index (χ3v) is 8.99. The largest absolute Gasteiger partial charge is 0.464 e. The van der Waals surface area contributed by atoms with Crippen LogP contribution in [0.1, 0.15) is 45.0 Å². The van der Waals surface area contributed by atoms with E-state index in [-0.39, 0.29) is 24.0 Å². The van der Waals surface area contributed by atoms with Gasteiger partial charge in [-0.05, 0) is 44.0 Å². The summed E-state index contributed by atoms with van der Waals surface area (Å²) < 4.78 is 38.0. The summed E-state index contributed by atoms with van der Waals surface area (Å²) >= 11 is 0. The van der Waals surface area contributed by atoms with E-state index in [0.29, 0.717) is 11.2 Å². The number of hydrogen-bond donors (Lipinski definition) is 3. The van der Waals surface area contributed by atoms with Crippen molar-refractivity contribution in [2.75, 3.05) is 13.2 Å². The van der Waals surface area contributed by atoms with Gasteiger partial charge in [-0.1, -0.05) is 44.9 Å². The zero-order valence-corrected chi connectivity index (χ0v) is 24.8. The first-order valence-electron chi connectivity index (χ1n) is 13.8. The molecule has 0 aliphatic carbocycles. The highest BCUT2D eigenvalue weighted by molar-refractivity contribution is 7.52. The summed E-state index contributed by atoms with van der Waals surface area (Å²) in [4.78, 5) is 16.8. The monoisotopic (exact) mass is 601 g/mol. The van der Waals surface area contributed by atoms with E-state index in [0.717, 1.165) is 12.8 Å². The van der Waals surface area contributed by atoms with Gasteiger partial charge in [0.1, 0.15) is 42.5 Å². The van der Waals surface area contributed by atoms with Crippen LogP contribution in [0.5, 0.6) is 5.75 Å². The van der Waals surface area contributed by atoms with Crippen molar-refractivity contribution in [1.29, 1.82) is 5.26 Å². The number of aromatic nitrogens is 3. The Kier molecular flexibility index (Phi) is 9.99. The van der Waals surface area contributed by atoms with Crippen molar-refractivity contribution in [2.24, 2.45) is 5.92 Å². The van der Waals surface area contributed by atoms with Crippen LogP contribution in [0.25, 0.3) is 5.52 Å². The zero-order valence-electron chi connectivity index (χ0n) is 23.9. The molecule has 13 nitrogen and oxygen atoms in total. The second-order valence-electron chi connectivity index (χ2n) is 10.2. The molecule has 1 fully saturated rings. The third-order valence-electron chi connectivity index (χ3n) is 7.35. The van der Waals surface area contributed by atoms with Gasteiger partial charge in [-0.25, -0.2) is 14.1 Å². The molecule has 42 heavy (non-hydrogen) atoms. The zero-order chi connectivity index (χ0) is 30.5. The molecule has 2 aromatic heterocycles. The molecule has 1 aliphatic heterocycles. The number of aliphatic hydroxyl groups is 2. The standard InChI is InChI=1S/C28H36N5O8P/c1-5-20(6-2)14-38-27(36)19(4)32-42(37,41-21-10-8-7-9-11-21)39-15-23-25(34)26(35)28(16-29,40-23)24-13-12-22-18(3)30-17-31-33(22)24/h7-13,17,19-20,23,25-26,34-35H,5-6,14-15H2,1-4H3,(H,32,37)/t19-,23+,25+,26+,28-,42-/m0/s1. The summed E-state index contributed by atoms with van der Waals surface area (Å²) in [6, 6.07) is 12.3. The van der Waals surface area contributed by atoms with Gasteiger partial charge in [0.15, 0.2) is 0 Å². The lowest BCUT2D eigenvalue weighted by molar-refractivity contribution is -0.146. The lowest BCUT2D eigenvalue weighted by Gasteiger charge is -2.25. The Bertz CT molecular complexity index is 1460. The first-order valence-corrected chi connectivity index (χ1v) is 15.3. The van der Waals surface area contributed by atoms with Crippen LogP contribution in [0.4, 0.5) is 0 Å². The molecule has 0 unspecified atom stereocenters. The van der Waals surface area contributed by atoms with Crippen molar-refractivity contribution in [3.63, 3.8) is 0 Å². The number of aryl methyl sites for hydroxylation is 1. The van der Waals surface area contributed by atoms with E-state index in [1.165, 1.54) is 17.8 Å². The normalized spacial score (nSPS) is 24.3. The van der Waals surface area contributed by atoms with Crippen molar-refractivity contribution >= 4 is 19.2 Å². The number of aliphatic hydroxyl groups excluding tert-OH is 2. The fourth-order valence-electron chi connectivity index (χ4n) is 4.68. The number of benzene rings is 1. The molecule has 3 aromatic rings. The quantitative estimate of drug-likeness (QED) is 0.193. The topological polar surface area (TPSA) is 178 Å². The van der Waals surface area contributed by atoms with Crippen LogP contribution in [0, 0.1) is 24.2 Å². The van der Waals surface area contributed by atoms with Crippen molar-refractivity contribution in [2.45, 2.75) is 70.5 Å². The summed E-state index contributed by atoms with van der Waals surface area (Å²) in [5.74, 6) is -0.249. The average molecular weight is 602 g/mol. The smallest absolute Gasteiger partial charge is 0.459 e. The minimum atomic E-state index is -4.30. The maximum Gasteiger partial charge on any atom is 0.459 e. The summed E-state index contributed by atoms with van der Waals surface area (Å²) in [6.45, 7) is 6.89. The first kappa shape index (κ1) is 31.6. The van der Waals surface area contributed by atoms with Crippen LogP contribution in [0.15, 0.2) is 48.8 Å². The second kappa shape index (κ2) is 13.3. The van der Waals surface area contributed by atoms with Crippen LogP contribution in [0.3, 0.4) is 0 Å². The highest BCUT2D eigenvalue weighted by atomic mass is 31.2. The fraction of sp³-hybridized carbons (Fsp3) is 0.500. The Morgan fingerprint density at radius 3 is 2.62 bits per heavy atom. The lowest BCUT2D eigenvalue weighted by Crippen LogP contribution is -2.41. The van der Waals surface area contributed by atoms with E-state index in [9.17, 15) is 24.8 Å². The van der Waals surface area contributed by atoms with Crippen LogP contribution in [0.2, 0.25) is 0 Å². The summed E-state index contributed by atoms with van der Waals surface area (Å²) in [6.07, 6.45) is -1.63. The van der Waals surface area contributed by atoms with E-state index >= 15 is 0 Å². The molecule has 1 aromatic carbocycles. The van der Waals surface area contributed by atoms with Crippen LogP contribution < -0.4 is 9.61 Å². The van der Waals surface area contributed by atoms with Gasteiger partial charge in [-0.2, -0.15) is 15.4 Å². The molecule has 3 heterocycles. The van der Waals surface area contributed by atoms with Gasteiger partial charge in [-0.15, -0.1) is 0 Å². The predicted octanol–water partition coefficient (Wildman–Crippen LogP) is 3.04. The third kappa shape index (κ3) is 6.49. The molecule has 0 bridgehead atoms. The van der Waals surface area contributed by atoms with Gasteiger partial charge in [0, 0.05) is 0 Å². The minimum absolute atomic E-state index is 0.176. The van der Waals surface area contributed by atoms with E-state index in [1.807, 2.05) is 19.9 Å². The number of fused-ring (bicyclic) bond motifs is 1. The Morgan fingerprint density at radius 2 is 1.95 bits per heavy atom. The molecule has 0 saturated carbocycles. The molecule has 226 valence electrons. The molecule has 0 spiro atoms. The van der Waals surface area contributed by atoms with Gasteiger partial charge < -0.3 is 24.2 Å². The van der Waals surface area contributed by atoms with Gasteiger partial charge in [0.2, 0.25) is 5.60 Å². The number of nitriles is 1. The van der Waals surface area contributed by atoms with E-state index in [1.54, 1.807) is 49.4 Å². The molecule has 14 heteroatoms. The number of nitrogens with zero attached hydrogens (tertiary/aromatic N) is 4. The van der Waals surface area contributed by atoms with Crippen molar-refractivity contribution in [3.05, 3.63) is 60.2 Å². The summed E-state index contributed by atoms with van der Waals surface area (Å²) in [5.41, 5.74) is -0.628. The number of carbonyl (C=O) groups is 1. The fourth-order valence-corrected chi connectivity index (χ4v) is 6.18. The molecule has 6 atom stereocenters. The van der Waals surface area contributed by atoms with E-state index in [2.05, 4.69) is 15.2 Å². The molecule has 1 aliphatic rings. The Balaban J connectivity index is 1.53. The number of para-hydroxylation sites is 1. The van der Waals surface area contributed by atoms with Gasteiger partial charge >= 0.3 is 13.7 Å². The summed E-state index contributed by atoms with van der Waals surface area (Å²) in [5, 5.41) is 38.9. The number of nitrogens with one attached hydrogen (secondary N) is 1. The van der Waals surface area contributed by atoms with Crippen LogP contribution >= 0.6 is 7.75 Å². The van der Waals surface area contributed by atoms with Crippen molar-refractivity contribution in [1.82, 2.24) is 19.7 Å². The molecule has 0 amide bonds. The Morgan fingerprint density at radius 1 is 1.24 bits per heavy atom. The number of hydrogen-bond acceptors (Lipinski definition) is 11. The number of ether oxygens (including phenoxy) is 2. The predicted molar refractivity (Wildman–Crippen MR) is 150 cm³/mol. The van der Waals surface area contributed by atoms with Crippen LogP contribution in [-0.4, -0.2) is 68.3 Å². The highest BCUT2D eigenvalue weighted by Gasteiger charge is 2.58. The van der Waals surface area contributed by atoms with Crippen molar-refractivity contribution < 1.29 is 38.1 Å².